The molecule has 1 aliphatic heterocycles. The molecule has 23 heavy (non-hydrogen) atoms. The Balaban J connectivity index is 1.90. The zero-order valence-corrected chi connectivity index (χ0v) is 12.7. The summed E-state index contributed by atoms with van der Waals surface area (Å²) in [5, 5.41) is 5.71. The van der Waals surface area contributed by atoms with E-state index >= 15 is 0 Å². The number of hydrogen-bond acceptors (Lipinski definition) is 3. The molecule has 5 nitrogen and oxygen atoms in total. The van der Waals surface area contributed by atoms with Gasteiger partial charge in [0.05, 0.1) is 0 Å². The molecule has 5 heteroatoms. The van der Waals surface area contributed by atoms with Crippen LogP contribution >= 0.6 is 0 Å². The first-order valence-corrected chi connectivity index (χ1v) is 7.26. The Morgan fingerprint density at radius 3 is 2.04 bits per heavy atom. The van der Waals surface area contributed by atoms with E-state index in [1.807, 2.05) is 30.3 Å². The highest BCUT2D eigenvalue weighted by Crippen LogP contribution is 2.23. The lowest BCUT2D eigenvalue weighted by Gasteiger charge is -2.36. The summed E-state index contributed by atoms with van der Waals surface area (Å²) in [6.07, 6.45) is 1.55. The highest BCUT2D eigenvalue weighted by Gasteiger charge is 2.38. The van der Waals surface area contributed by atoms with E-state index in [9.17, 15) is 9.59 Å². The van der Waals surface area contributed by atoms with Crippen molar-refractivity contribution in [1.29, 1.82) is 0 Å². The molecule has 0 radical (unpaired) electrons. The molecule has 2 aromatic rings. The molecular formula is C18H17N3O2. The van der Waals surface area contributed by atoms with Crippen LogP contribution in [0.15, 0.2) is 60.2 Å². The van der Waals surface area contributed by atoms with Gasteiger partial charge in [0.2, 0.25) is 0 Å². The number of benzene rings is 2. The van der Waals surface area contributed by atoms with E-state index in [0.717, 1.165) is 11.1 Å². The van der Waals surface area contributed by atoms with E-state index in [1.165, 1.54) is 0 Å². The molecule has 2 aromatic carbocycles. The Bertz CT molecular complexity index is 760. The lowest BCUT2D eigenvalue weighted by atomic mass is 9.96. The van der Waals surface area contributed by atoms with Crippen molar-refractivity contribution < 1.29 is 9.59 Å². The maximum Gasteiger partial charge on any atom is 0.258 e. The third-order valence-electron chi connectivity index (χ3n) is 3.81. The number of amides is 2. The molecule has 0 saturated carbocycles. The van der Waals surface area contributed by atoms with E-state index in [4.69, 9.17) is 5.73 Å². The van der Waals surface area contributed by atoms with Crippen LogP contribution in [0.1, 0.15) is 18.1 Å². The van der Waals surface area contributed by atoms with Gasteiger partial charge in [-0.1, -0.05) is 42.5 Å². The molecule has 1 saturated heterocycles. The first kappa shape index (κ1) is 14.8. The minimum Gasteiger partial charge on any atom is -0.399 e. The predicted octanol–water partition coefficient (Wildman–Crippen LogP) is 1.77. The Kier molecular flexibility index (Phi) is 3.62. The van der Waals surface area contributed by atoms with Gasteiger partial charge in [-0.2, -0.15) is 0 Å². The van der Waals surface area contributed by atoms with Crippen molar-refractivity contribution in [3.63, 3.8) is 0 Å². The fraction of sp³-hybridized carbons (Fsp3) is 0.111. The summed E-state index contributed by atoms with van der Waals surface area (Å²) in [7, 11) is 0. The van der Waals surface area contributed by atoms with Gasteiger partial charge >= 0.3 is 0 Å². The van der Waals surface area contributed by atoms with Crippen molar-refractivity contribution in [2.24, 2.45) is 0 Å². The molecule has 1 heterocycles. The molecule has 116 valence electrons. The maximum absolute atomic E-state index is 12.4. The zero-order valence-electron chi connectivity index (χ0n) is 12.7. The third kappa shape index (κ3) is 2.94. The molecule has 0 spiro atoms. The second-order valence-electron chi connectivity index (χ2n) is 5.62. The van der Waals surface area contributed by atoms with Gasteiger partial charge in [0, 0.05) is 5.69 Å². The largest absolute Gasteiger partial charge is 0.399 e. The highest BCUT2D eigenvalue weighted by molar-refractivity contribution is 6.23. The number of anilines is 1. The van der Waals surface area contributed by atoms with Crippen molar-refractivity contribution in [2.75, 3.05) is 5.73 Å². The van der Waals surface area contributed by atoms with Gasteiger partial charge < -0.3 is 16.4 Å². The molecule has 0 aromatic heterocycles. The summed E-state index contributed by atoms with van der Waals surface area (Å²) in [5.74, 6) is -0.811. The topological polar surface area (TPSA) is 84.2 Å². The van der Waals surface area contributed by atoms with Crippen molar-refractivity contribution >= 4 is 23.6 Å². The monoisotopic (exact) mass is 307 g/mol. The number of nitrogen functional groups attached to an aromatic ring is 1. The molecule has 3 rings (SSSR count). The Hall–Kier alpha value is -3.08. The minimum absolute atomic E-state index is 0.0724. The Labute approximate surface area is 134 Å². The first-order valence-electron chi connectivity index (χ1n) is 7.26. The van der Waals surface area contributed by atoms with E-state index < -0.39 is 17.5 Å². The van der Waals surface area contributed by atoms with Crippen LogP contribution in [0.4, 0.5) is 5.69 Å². The average Bonchev–Trinajstić information content (AvgIpc) is 2.53. The summed E-state index contributed by atoms with van der Waals surface area (Å²) in [5.41, 5.74) is 6.96. The van der Waals surface area contributed by atoms with Crippen LogP contribution in [0, 0.1) is 0 Å². The lowest BCUT2D eigenvalue weighted by molar-refractivity contribution is -0.130. The second-order valence-corrected chi connectivity index (χ2v) is 5.62. The minimum atomic E-state index is -0.923. The fourth-order valence-electron chi connectivity index (χ4n) is 2.53. The van der Waals surface area contributed by atoms with Crippen LogP contribution in [0.5, 0.6) is 0 Å². The number of carbonyl (C=O) groups is 2. The number of nitrogens with one attached hydrogen (secondary N) is 2. The van der Waals surface area contributed by atoms with E-state index in [1.54, 1.807) is 37.3 Å². The molecule has 0 aliphatic carbocycles. The molecule has 4 N–H and O–H groups in total. The number of nitrogens with two attached hydrogens (primary N) is 1. The molecule has 1 fully saturated rings. The molecule has 0 atom stereocenters. The summed E-state index contributed by atoms with van der Waals surface area (Å²) >= 11 is 0. The van der Waals surface area contributed by atoms with E-state index in [2.05, 4.69) is 10.6 Å². The molecule has 0 unspecified atom stereocenters. The lowest BCUT2D eigenvalue weighted by Crippen LogP contribution is -2.62. The first-order chi connectivity index (χ1) is 11.0. The maximum atomic E-state index is 12.4. The van der Waals surface area contributed by atoms with Gasteiger partial charge in [-0.15, -0.1) is 0 Å². The predicted molar refractivity (Wildman–Crippen MR) is 88.9 cm³/mol. The van der Waals surface area contributed by atoms with Gasteiger partial charge in [-0.25, -0.2) is 0 Å². The van der Waals surface area contributed by atoms with Crippen LogP contribution in [0.25, 0.3) is 6.08 Å². The van der Waals surface area contributed by atoms with Crippen LogP contribution < -0.4 is 16.4 Å². The van der Waals surface area contributed by atoms with Gasteiger partial charge in [0.25, 0.3) is 11.8 Å². The van der Waals surface area contributed by atoms with Crippen molar-refractivity contribution in [2.45, 2.75) is 12.6 Å². The highest BCUT2D eigenvalue weighted by atomic mass is 16.2. The molecule has 2 amide bonds. The van der Waals surface area contributed by atoms with Crippen molar-refractivity contribution in [3.05, 3.63) is 71.3 Å². The van der Waals surface area contributed by atoms with Gasteiger partial charge in [0.1, 0.15) is 11.2 Å². The summed E-state index contributed by atoms with van der Waals surface area (Å²) in [6, 6.07) is 16.3. The third-order valence-corrected chi connectivity index (χ3v) is 3.81. The van der Waals surface area contributed by atoms with Gasteiger partial charge in [-0.3, -0.25) is 9.59 Å². The quantitative estimate of drug-likeness (QED) is 0.449. The Morgan fingerprint density at radius 1 is 0.913 bits per heavy atom. The summed E-state index contributed by atoms with van der Waals surface area (Å²) < 4.78 is 0. The molecule has 1 aliphatic rings. The molecular weight excluding hydrogens is 290 g/mol. The van der Waals surface area contributed by atoms with Crippen LogP contribution in [-0.2, 0) is 15.3 Å². The smallest absolute Gasteiger partial charge is 0.258 e. The van der Waals surface area contributed by atoms with Crippen LogP contribution in [-0.4, -0.2) is 11.8 Å². The zero-order chi connectivity index (χ0) is 16.4. The Morgan fingerprint density at radius 2 is 1.48 bits per heavy atom. The summed E-state index contributed by atoms with van der Waals surface area (Å²) in [6.45, 7) is 1.76. The second kappa shape index (κ2) is 5.61. The standard InChI is InChI=1S/C18H17N3O2/c1-18(13-5-3-2-4-6-13)20-16(22)15(17(23)21-18)11-12-7-9-14(19)10-8-12/h2-11H,19H2,1H3,(H,20,22)(H,21,23). The normalized spacial score (nSPS) is 20.7. The van der Waals surface area contributed by atoms with Gasteiger partial charge in [-0.05, 0) is 36.3 Å². The van der Waals surface area contributed by atoms with Gasteiger partial charge in [0.15, 0.2) is 0 Å². The van der Waals surface area contributed by atoms with Crippen LogP contribution in [0.3, 0.4) is 0 Å². The van der Waals surface area contributed by atoms with E-state index in [0.29, 0.717) is 5.69 Å². The van der Waals surface area contributed by atoms with Crippen molar-refractivity contribution in [1.82, 2.24) is 10.6 Å². The van der Waals surface area contributed by atoms with Crippen LogP contribution in [0.2, 0.25) is 0 Å². The number of hydrogen-bond donors (Lipinski definition) is 3. The number of carbonyl (C=O) groups excluding carboxylic acids is 2. The average molecular weight is 307 g/mol. The SMILES string of the molecule is CC1(c2ccccc2)NC(=O)C(=Cc2ccc(N)cc2)C(=O)N1. The number of rotatable bonds is 2. The molecule has 0 bridgehead atoms. The summed E-state index contributed by atoms with van der Waals surface area (Å²) in [4.78, 5) is 24.8. The van der Waals surface area contributed by atoms with E-state index in [-0.39, 0.29) is 5.57 Å². The van der Waals surface area contributed by atoms with Crippen molar-refractivity contribution in [3.8, 4) is 0 Å². The fourth-order valence-corrected chi connectivity index (χ4v) is 2.53.